The summed E-state index contributed by atoms with van der Waals surface area (Å²) in [6.07, 6.45) is 0. The van der Waals surface area contributed by atoms with E-state index in [4.69, 9.17) is 27.9 Å². The zero-order chi connectivity index (χ0) is 17.1. The molecule has 0 aromatic heterocycles. The van der Waals surface area contributed by atoms with Crippen LogP contribution in [-0.2, 0) is 19.6 Å². The van der Waals surface area contributed by atoms with E-state index in [2.05, 4.69) is 6.58 Å². The lowest BCUT2D eigenvalue weighted by Gasteiger charge is -2.18. The molecule has 0 aliphatic carbocycles. The van der Waals surface area contributed by atoms with Gasteiger partial charge in [-0.3, -0.25) is 4.79 Å². The number of hydrogen-bond acceptors (Lipinski definition) is 4. The minimum Gasteiger partial charge on any atom is -0.383 e. The van der Waals surface area contributed by atoms with Crippen LogP contribution in [0.1, 0.15) is 12.5 Å². The molecular weight excluding hydrogens is 349 g/mol. The number of sulfonamides is 1. The molecule has 0 unspecified atom stereocenters. The highest BCUT2D eigenvalue weighted by Crippen LogP contribution is 2.36. The predicted octanol–water partition coefficient (Wildman–Crippen LogP) is 2.86. The first kappa shape index (κ1) is 19.1. The molecule has 0 bridgehead atoms. The Labute approximate surface area is 140 Å². The van der Waals surface area contributed by atoms with Crippen molar-refractivity contribution in [3.63, 3.8) is 0 Å². The van der Waals surface area contributed by atoms with Crippen molar-refractivity contribution in [2.24, 2.45) is 0 Å². The zero-order valence-corrected chi connectivity index (χ0v) is 14.8. The maximum absolute atomic E-state index is 12.5. The molecule has 8 heteroatoms. The van der Waals surface area contributed by atoms with Crippen molar-refractivity contribution < 1.29 is 17.9 Å². The number of hydrogen-bond donors (Lipinski definition) is 0. The Bertz CT molecular complexity index is 701. The average molecular weight is 366 g/mol. The summed E-state index contributed by atoms with van der Waals surface area (Å²) in [7, 11) is -0.908. The fourth-order valence-corrected chi connectivity index (χ4v) is 3.67. The maximum atomic E-state index is 12.5. The number of halogens is 2. The van der Waals surface area contributed by atoms with Gasteiger partial charge in [-0.05, 0) is 13.0 Å². The van der Waals surface area contributed by atoms with Gasteiger partial charge in [0.15, 0.2) is 5.78 Å². The highest BCUT2D eigenvalue weighted by Gasteiger charge is 2.26. The van der Waals surface area contributed by atoms with Gasteiger partial charge in [0, 0.05) is 31.8 Å². The van der Waals surface area contributed by atoms with E-state index >= 15 is 0 Å². The van der Waals surface area contributed by atoms with Gasteiger partial charge in [0.05, 0.1) is 16.7 Å². The summed E-state index contributed by atoms with van der Waals surface area (Å²) in [5, 5.41) is -0.145. The summed E-state index contributed by atoms with van der Waals surface area (Å²) in [5.41, 5.74) is 0.487. The van der Waals surface area contributed by atoms with E-state index in [-0.39, 0.29) is 39.4 Å². The molecule has 0 radical (unpaired) electrons. The summed E-state index contributed by atoms with van der Waals surface area (Å²) >= 11 is 12.2. The third-order valence-corrected chi connectivity index (χ3v) is 5.99. The number of ether oxygens (including phenoxy) is 1. The number of carbonyl (C=O) groups excluding carboxylic acids is 1. The molecule has 0 N–H and O–H groups in total. The van der Waals surface area contributed by atoms with Gasteiger partial charge >= 0.3 is 0 Å². The molecule has 0 saturated heterocycles. The number of Topliss-reactive ketones (excluding diaryl/α,β-unsaturated/α-hetero) is 1. The Kier molecular flexibility index (Phi) is 6.58. The Morgan fingerprint density at radius 3 is 2.41 bits per heavy atom. The van der Waals surface area contributed by atoms with E-state index in [1.165, 1.54) is 33.2 Å². The molecule has 0 amide bonds. The second-order valence-corrected chi connectivity index (χ2v) is 7.36. The lowest BCUT2D eigenvalue weighted by atomic mass is 10.0. The van der Waals surface area contributed by atoms with Crippen molar-refractivity contribution in [1.82, 2.24) is 4.31 Å². The molecule has 5 nitrogen and oxygen atoms in total. The normalized spacial score (nSPS) is 11.7. The molecule has 0 spiro atoms. The molecule has 0 aliphatic heterocycles. The number of benzene rings is 1. The monoisotopic (exact) mass is 365 g/mol. The first-order chi connectivity index (χ1) is 10.1. The van der Waals surface area contributed by atoms with Crippen molar-refractivity contribution in [1.29, 1.82) is 0 Å². The third-order valence-electron chi connectivity index (χ3n) is 3.10. The number of allylic oxidation sites excluding steroid dienone is 1. The van der Waals surface area contributed by atoms with Crippen molar-refractivity contribution in [3.05, 3.63) is 34.3 Å². The Morgan fingerprint density at radius 1 is 1.32 bits per heavy atom. The number of nitrogens with zero attached hydrogens (tertiary/aromatic N) is 1. The molecular formula is C14H17Cl2NO4S. The molecule has 0 fully saturated rings. The number of methoxy groups -OCH3 is 1. The number of ketones is 1. The Morgan fingerprint density at radius 2 is 1.91 bits per heavy atom. The van der Waals surface area contributed by atoms with Crippen LogP contribution in [-0.4, -0.2) is 45.8 Å². The van der Waals surface area contributed by atoms with E-state index in [1.807, 2.05) is 0 Å². The van der Waals surface area contributed by atoms with Gasteiger partial charge < -0.3 is 4.74 Å². The summed E-state index contributed by atoms with van der Waals surface area (Å²) in [6.45, 7) is 5.39. The van der Waals surface area contributed by atoms with Crippen LogP contribution in [0.25, 0.3) is 5.57 Å². The van der Waals surface area contributed by atoms with E-state index in [0.717, 1.165) is 4.31 Å². The van der Waals surface area contributed by atoms with Gasteiger partial charge in [0.2, 0.25) is 10.0 Å². The smallest absolute Gasteiger partial charge is 0.244 e. The van der Waals surface area contributed by atoms with Crippen molar-refractivity contribution in [2.75, 3.05) is 27.3 Å². The van der Waals surface area contributed by atoms with Crippen LogP contribution in [0.5, 0.6) is 0 Å². The number of carbonyl (C=O) groups is 1. The maximum Gasteiger partial charge on any atom is 0.244 e. The summed E-state index contributed by atoms with van der Waals surface area (Å²) < 4.78 is 30.9. The topological polar surface area (TPSA) is 63.7 Å². The van der Waals surface area contributed by atoms with Crippen LogP contribution in [0, 0.1) is 0 Å². The number of rotatable bonds is 7. The highest BCUT2D eigenvalue weighted by atomic mass is 35.5. The zero-order valence-electron chi connectivity index (χ0n) is 12.5. The predicted molar refractivity (Wildman–Crippen MR) is 87.9 cm³/mol. The van der Waals surface area contributed by atoms with Crippen LogP contribution in [0.15, 0.2) is 23.6 Å². The molecule has 122 valence electrons. The molecule has 1 aromatic carbocycles. The third kappa shape index (κ3) is 3.88. The average Bonchev–Trinajstić information content (AvgIpc) is 2.46. The second kappa shape index (κ2) is 7.57. The van der Waals surface area contributed by atoms with Gasteiger partial charge in [-0.1, -0.05) is 35.8 Å². The van der Waals surface area contributed by atoms with Crippen molar-refractivity contribution in [3.8, 4) is 0 Å². The second-order valence-electron chi connectivity index (χ2n) is 4.59. The van der Waals surface area contributed by atoms with Crippen LogP contribution >= 0.6 is 23.2 Å². The lowest BCUT2D eigenvalue weighted by molar-refractivity contribution is -0.111. The minimum absolute atomic E-state index is 0.0110. The van der Waals surface area contributed by atoms with Gasteiger partial charge in [0.25, 0.3) is 0 Å². The van der Waals surface area contributed by atoms with Crippen LogP contribution in [0.4, 0.5) is 0 Å². The molecule has 0 aliphatic rings. The van der Waals surface area contributed by atoms with Crippen molar-refractivity contribution >= 4 is 44.6 Å². The van der Waals surface area contributed by atoms with Gasteiger partial charge in [-0.15, -0.1) is 0 Å². The lowest BCUT2D eigenvalue weighted by Crippen LogP contribution is -2.30. The first-order valence-electron chi connectivity index (χ1n) is 6.28. The molecule has 0 heterocycles. The summed E-state index contributed by atoms with van der Waals surface area (Å²) in [4.78, 5) is 11.2. The minimum atomic E-state index is -3.80. The van der Waals surface area contributed by atoms with Crippen LogP contribution < -0.4 is 0 Å². The summed E-state index contributed by atoms with van der Waals surface area (Å²) in [5.74, 6) is -0.272. The number of likely N-dealkylation sites (N-methyl/N-ethyl adjacent to an activating group) is 1. The van der Waals surface area contributed by atoms with E-state index in [0.29, 0.717) is 5.56 Å². The Hall–Kier alpha value is -0.920. The Balaban J connectivity index is 3.31. The fourth-order valence-electron chi connectivity index (χ4n) is 1.66. The molecule has 0 atom stereocenters. The fraction of sp³-hybridized carbons (Fsp3) is 0.357. The van der Waals surface area contributed by atoms with Crippen LogP contribution in [0.2, 0.25) is 10.0 Å². The molecule has 1 rings (SSSR count). The highest BCUT2D eigenvalue weighted by molar-refractivity contribution is 7.89. The van der Waals surface area contributed by atoms with Gasteiger partial charge in [0.1, 0.15) is 4.90 Å². The van der Waals surface area contributed by atoms with E-state index in [1.54, 1.807) is 0 Å². The first-order valence-corrected chi connectivity index (χ1v) is 8.47. The van der Waals surface area contributed by atoms with E-state index < -0.39 is 10.0 Å². The summed E-state index contributed by atoms with van der Waals surface area (Å²) in [6, 6.07) is 2.74. The van der Waals surface area contributed by atoms with Crippen molar-refractivity contribution in [2.45, 2.75) is 11.8 Å². The van der Waals surface area contributed by atoms with Gasteiger partial charge in [-0.25, -0.2) is 8.42 Å². The molecule has 0 saturated carbocycles. The SMILES string of the molecule is C=C(C(C)=O)c1ccc(S(=O)(=O)N(C)CCOC)c(Cl)c1Cl. The van der Waals surface area contributed by atoms with Crippen LogP contribution in [0.3, 0.4) is 0 Å². The molecule has 1 aromatic rings. The molecule has 22 heavy (non-hydrogen) atoms. The standard InChI is InChI=1S/C14H17Cl2NO4S/c1-9(10(2)18)11-5-6-12(14(16)13(11)15)22(19,20)17(3)7-8-21-4/h5-6H,1,7-8H2,2-4H3. The largest absolute Gasteiger partial charge is 0.383 e. The van der Waals surface area contributed by atoms with Gasteiger partial charge in [-0.2, -0.15) is 4.31 Å². The van der Waals surface area contributed by atoms with E-state index in [9.17, 15) is 13.2 Å². The quantitative estimate of drug-likeness (QED) is 0.696.